The molecule has 0 aliphatic rings. The third kappa shape index (κ3) is 4.15. The molecular formula is C11H9NO3S. The van der Waals surface area contributed by atoms with Gasteiger partial charge in [-0.3, -0.25) is 4.79 Å². The predicted molar refractivity (Wildman–Crippen MR) is 61.2 cm³/mol. The van der Waals surface area contributed by atoms with Crippen molar-refractivity contribution in [3.8, 4) is 11.8 Å². The second-order valence-electron chi connectivity index (χ2n) is 2.82. The number of hydrogen-bond acceptors (Lipinski definition) is 4. The number of carboxylic acid groups (broad SMARTS) is 1. The first-order valence-electron chi connectivity index (χ1n) is 4.41. The molecule has 5 heteroatoms. The SMILES string of the molecule is CC(=O)SCC#Cc1ccc(C(=O)O)nc1. The third-order valence-corrected chi connectivity index (χ3v) is 2.26. The maximum absolute atomic E-state index is 10.6. The molecule has 0 radical (unpaired) electrons. The number of rotatable bonds is 2. The van der Waals surface area contributed by atoms with Gasteiger partial charge in [-0.2, -0.15) is 0 Å². The molecule has 1 N–H and O–H groups in total. The van der Waals surface area contributed by atoms with Crippen LogP contribution in [0.5, 0.6) is 0 Å². The number of aromatic carboxylic acids is 1. The van der Waals surface area contributed by atoms with E-state index < -0.39 is 5.97 Å². The number of carbonyl (C=O) groups is 2. The first kappa shape index (κ1) is 12.3. The van der Waals surface area contributed by atoms with Crippen LogP contribution in [0, 0.1) is 11.8 Å². The molecule has 0 spiro atoms. The van der Waals surface area contributed by atoms with E-state index in [1.807, 2.05) is 0 Å². The zero-order valence-corrected chi connectivity index (χ0v) is 9.37. The highest BCUT2D eigenvalue weighted by atomic mass is 32.2. The van der Waals surface area contributed by atoms with Crippen molar-refractivity contribution in [2.75, 3.05) is 5.75 Å². The average molecular weight is 235 g/mol. The Morgan fingerprint density at radius 2 is 2.25 bits per heavy atom. The summed E-state index contributed by atoms with van der Waals surface area (Å²) in [5.41, 5.74) is 0.623. The lowest BCUT2D eigenvalue weighted by Crippen LogP contribution is -1.99. The summed E-state index contributed by atoms with van der Waals surface area (Å²) in [5.74, 6) is 4.94. The van der Waals surface area contributed by atoms with Gasteiger partial charge < -0.3 is 5.11 Å². The van der Waals surface area contributed by atoms with Gasteiger partial charge in [0.2, 0.25) is 0 Å². The van der Waals surface area contributed by atoms with E-state index in [0.29, 0.717) is 11.3 Å². The summed E-state index contributed by atoms with van der Waals surface area (Å²) in [4.78, 5) is 24.8. The predicted octanol–water partition coefficient (Wildman–Crippen LogP) is 1.41. The first-order chi connectivity index (χ1) is 7.59. The highest BCUT2D eigenvalue weighted by Gasteiger charge is 2.01. The zero-order chi connectivity index (χ0) is 12.0. The Morgan fingerprint density at radius 3 is 2.75 bits per heavy atom. The number of thioether (sulfide) groups is 1. The van der Waals surface area contributed by atoms with Crippen molar-refractivity contribution in [2.45, 2.75) is 6.92 Å². The van der Waals surface area contributed by atoms with Crippen LogP contribution in [0.2, 0.25) is 0 Å². The molecule has 0 aliphatic heterocycles. The largest absolute Gasteiger partial charge is 0.477 e. The van der Waals surface area contributed by atoms with Gasteiger partial charge in [0.25, 0.3) is 0 Å². The Hall–Kier alpha value is -1.80. The normalized spacial score (nSPS) is 9.06. The maximum Gasteiger partial charge on any atom is 0.354 e. The smallest absolute Gasteiger partial charge is 0.354 e. The molecule has 0 unspecified atom stereocenters. The second-order valence-corrected chi connectivity index (χ2v) is 3.97. The van der Waals surface area contributed by atoms with Crippen LogP contribution in [0.1, 0.15) is 23.0 Å². The lowest BCUT2D eigenvalue weighted by molar-refractivity contribution is -0.109. The van der Waals surface area contributed by atoms with Crippen molar-refractivity contribution in [3.63, 3.8) is 0 Å². The minimum absolute atomic E-state index is 0.0105. The summed E-state index contributed by atoms with van der Waals surface area (Å²) in [6.45, 7) is 1.48. The minimum atomic E-state index is -1.06. The minimum Gasteiger partial charge on any atom is -0.477 e. The number of nitrogens with zero attached hydrogens (tertiary/aromatic N) is 1. The van der Waals surface area contributed by atoms with E-state index in [9.17, 15) is 9.59 Å². The molecule has 1 heterocycles. The summed E-state index contributed by atoms with van der Waals surface area (Å²) in [6.07, 6.45) is 1.40. The highest BCUT2D eigenvalue weighted by molar-refractivity contribution is 8.13. The molecule has 0 aromatic carbocycles. The molecule has 0 amide bonds. The fraction of sp³-hybridized carbons (Fsp3) is 0.182. The van der Waals surface area contributed by atoms with Gasteiger partial charge in [0.05, 0.1) is 5.75 Å². The van der Waals surface area contributed by atoms with Gasteiger partial charge in [-0.1, -0.05) is 23.6 Å². The Bertz CT molecular complexity index is 456. The van der Waals surface area contributed by atoms with E-state index in [-0.39, 0.29) is 10.8 Å². The van der Waals surface area contributed by atoms with Gasteiger partial charge in [0.15, 0.2) is 5.12 Å². The van der Waals surface area contributed by atoms with Gasteiger partial charge in [-0.05, 0) is 12.1 Å². The van der Waals surface area contributed by atoms with Gasteiger partial charge >= 0.3 is 5.97 Å². The van der Waals surface area contributed by atoms with E-state index in [0.717, 1.165) is 11.8 Å². The molecule has 0 saturated heterocycles. The molecule has 0 fully saturated rings. The number of carbonyl (C=O) groups excluding carboxylic acids is 1. The quantitative estimate of drug-likeness (QED) is 0.785. The molecule has 82 valence electrons. The van der Waals surface area contributed by atoms with Crippen molar-refractivity contribution >= 4 is 22.8 Å². The van der Waals surface area contributed by atoms with Crippen molar-refractivity contribution in [3.05, 3.63) is 29.6 Å². The van der Waals surface area contributed by atoms with E-state index in [2.05, 4.69) is 16.8 Å². The van der Waals surface area contributed by atoms with Gasteiger partial charge in [-0.25, -0.2) is 9.78 Å². The third-order valence-electron chi connectivity index (χ3n) is 1.56. The van der Waals surface area contributed by atoms with E-state index in [4.69, 9.17) is 5.11 Å². The Morgan fingerprint density at radius 1 is 1.50 bits per heavy atom. The summed E-state index contributed by atoms with van der Waals surface area (Å²) < 4.78 is 0. The summed E-state index contributed by atoms with van der Waals surface area (Å²) in [5, 5.41) is 8.63. The Labute approximate surface area is 97.1 Å². The molecule has 1 rings (SSSR count). The molecule has 1 aromatic heterocycles. The van der Waals surface area contributed by atoms with E-state index in [1.165, 1.54) is 19.2 Å². The average Bonchev–Trinajstić information content (AvgIpc) is 2.25. The van der Waals surface area contributed by atoms with Gasteiger partial charge in [-0.15, -0.1) is 0 Å². The van der Waals surface area contributed by atoms with Gasteiger partial charge in [0, 0.05) is 18.7 Å². The van der Waals surface area contributed by atoms with E-state index in [1.54, 1.807) is 6.07 Å². The van der Waals surface area contributed by atoms with Crippen LogP contribution in [0.3, 0.4) is 0 Å². The zero-order valence-electron chi connectivity index (χ0n) is 8.56. The fourth-order valence-electron chi connectivity index (χ4n) is 0.870. The number of aromatic nitrogens is 1. The lowest BCUT2D eigenvalue weighted by Gasteiger charge is -1.92. The first-order valence-corrected chi connectivity index (χ1v) is 5.39. The second kappa shape index (κ2) is 5.93. The standard InChI is InChI=1S/C11H9NO3S/c1-8(13)16-6-2-3-9-4-5-10(11(14)15)12-7-9/h4-5,7H,6H2,1H3,(H,14,15). The molecule has 16 heavy (non-hydrogen) atoms. The number of hydrogen-bond donors (Lipinski definition) is 1. The topological polar surface area (TPSA) is 67.3 Å². The Balaban J connectivity index is 2.61. The lowest BCUT2D eigenvalue weighted by atomic mass is 10.2. The molecule has 0 bridgehead atoms. The van der Waals surface area contributed by atoms with Crippen LogP contribution in [-0.2, 0) is 4.79 Å². The molecule has 4 nitrogen and oxygen atoms in total. The van der Waals surface area contributed by atoms with Crippen molar-refractivity contribution in [1.82, 2.24) is 4.98 Å². The van der Waals surface area contributed by atoms with E-state index >= 15 is 0 Å². The summed E-state index contributed by atoms with van der Waals surface area (Å²) in [7, 11) is 0. The van der Waals surface area contributed by atoms with Crippen LogP contribution >= 0.6 is 11.8 Å². The molecule has 0 aliphatic carbocycles. The maximum atomic E-state index is 10.6. The number of pyridine rings is 1. The summed E-state index contributed by atoms with van der Waals surface area (Å²) in [6, 6.07) is 2.98. The van der Waals surface area contributed by atoms with Crippen molar-refractivity contribution < 1.29 is 14.7 Å². The van der Waals surface area contributed by atoms with Crippen LogP contribution in [0.15, 0.2) is 18.3 Å². The monoisotopic (exact) mass is 235 g/mol. The number of carboxylic acids is 1. The van der Waals surface area contributed by atoms with Crippen LogP contribution in [0.4, 0.5) is 0 Å². The van der Waals surface area contributed by atoms with Crippen LogP contribution in [-0.4, -0.2) is 26.9 Å². The van der Waals surface area contributed by atoms with Gasteiger partial charge in [0.1, 0.15) is 5.69 Å². The fourth-order valence-corrected chi connectivity index (χ4v) is 1.22. The van der Waals surface area contributed by atoms with Crippen LogP contribution in [0.25, 0.3) is 0 Å². The molecule has 0 saturated carbocycles. The molecular weight excluding hydrogens is 226 g/mol. The molecule has 0 atom stereocenters. The molecule has 1 aromatic rings. The van der Waals surface area contributed by atoms with Crippen molar-refractivity contribution in [1.29, 1.82) is 0 Å². The van der Waals surface area contributed by atoms with Crippen LogP contribution < -0.4 is 0 Å². The Kier molecular flexibility index (Phi) is 4.55. The van der Waals surface area contributed by atoms with Crippen molar-refractivity contribution in [2.24, 2.45) is 0 Å². The highest BCUT2D eigenvalue weighted by Crippen LogP contribution is 2.01. The summed E-state index contributed by atoms with van der Waals surface area (Å²) >= 11 is 1.13.